The van der Waals surface area contributed by atoms with E-state index >= 15 is 0 Å². The lowest BCUT2D eigenvalue weighted by Gasteiger charge is -2.21. The summed E-state index contributed by atoms with van der Waals surface area (Å²) < 4.78 is 50.5. The number of benzene rings is 1. The highest BCUT2D eigenvalue weighted by atomic mass is 32.2. The van der Waals surface area contributed by atoms with E-state index in [9.17, 15) is 16.8 Å². The molecule has 0 saturated heterocycles. The van der Waals surface area contributed by atoms with Crippen molar-refractivity contribution in [3.8, 4) is 0 Å². The number of hydrogen-bond acceptors (Lipinski definition) is 4. The summed E-state index contributed by atoms with van der Waals surface area (Å²) in [4.78, 5) is 0.0276. The van der Waals surface area contributed by atoms with Crippen LogP contribution in [0.1, 0.15) is 11.1 Å². The Morgan fingerprint density at radius 3 is 1.86 bits per heavy atom. The molecule has 0 radical (unpaired) electrons. The molecule has 5 nitrogen and oxygen atoms in total. The van der Waals surface area contributed by atoms with Gasteiger partial charge in [0.05, 0.1) is 9.79 Å². The van der Waals surface area contributed by atoms with E-state index in [-0.39, 0.29) is 28.4 Å². The predicted octanol–water partition coefficient (Wildman–Crippen LogP) is 2.07. The zero-order valence-corrected chi connectivity index (χ0v) is 14.7. The molecule has 0 aliphatic heterocycles. The number of hydrogen-bond donors (Lipinski definition) is 0. The molecule has 0 heterocycles. The number of sulfone groups is 1. The summed E-state index contributed by atoms with van der Waals surface area (Å²) in [5.41, 5.74) is 0.799. The summed E-state index contributed by atoms with van der Waals surface area (Å²) in [6, 6.07) is 2.97. The van der Waals surface area contributed by atoms with Crippen molar-refractivity contribution < 1.29 is 16.8 Å². The van der Waals surface area contributed by atoms with Gasteiger partial charge in [-0.1, -0.05) is 12.2 Å². The van der Waals surface area contributed by atoms with E-state index in [1.165, 1.54) is 35.5 Å². The first-order chi connectivity index (χ1) is 10.1. The van der Waals surface area contributed by atoms with E-state index in [0.29, 0.717) is 5.56 Å². The summed E-state index contributed by atoms with van der Waals surface area (Å²) >= 11 is 0. The van der Waals surface area contributed by atoms with Crippen LogP contribution in [0.15, 0.2) is 47.2 Å². The summed E-state index contributed by atoms with van der Waals surface area (Å²) in [5.74, 6) is 0. The Kier molecular flexibility index (Phi) is 5.72. The molecule has 0 fully saturated rings. The second-order valence-electron chi connectivity index (χ2n) is 5.06. The molecular weight excluding hydrogens is 322 g/mol. The number of sulfonamides is 1. The highest BCUT2D eigenvalue weighted by molar-refractivity contribution is 7.91. The largest absolute Gasteiger partial charge is 0.243 e. The van der Waals surface area contributed by atoms with E-state index < -0.39 is 19.9 Å². The number of nitrogens with zero attached hydrogens (tertiary/aromatic N) is 1. The van der Waals surface area contributed by atoms with Gasteiger partial charge in [-0.25, -0.2) is 16.8 Å². The molecule has 0 atom stereocenters. The van der Waals surface area contributed by atoms with Crippen LogP contribution in [0.4, 0.5) is 0 Å². The first kappa shape index (κ1) is 18.6. The minimum absolute atomic E-state index is 0.00312. The molecule has 0 saturated carbocycles. The molecule has 22 heavy (non-hydrogen) atoms. The monoisotopic (exact) mass is 343 g/mol. The lowest BCUT2D eigenvalue weighted by Crippen LogP contribution is -2.32. The molecule has 1 aromatic carbocycles. The van der Waals surface area contributed by atoms with E-state index in [1.807, 2.05) is 0 Å². The third-order valence-electron chi connectivity index (χ3n) is 3.14. The van der Waals surface area contributed by atoms with Gasteiger partial charge >= 0.3 is 0 Å². The Hall–Kier alpha value is -1.44. The van der Waals surface area contributed by atoms with Gasteiger partial charge < -0.3 is 0 Å². The zero-order valence-electron chi connectivity index (χ0n) is 13.0. The second-order valence-corrected chi connectivity index (χ2v) is 8.95. The van der Waals surface area contributed by atoms with E-state index in [0.717, 1.165) is 6.26 Å². The second kappa shape index (κ2) is 6.76. The van der Waals surface area contributed by atoms with Gasteiger partial charge in [0, 0.05) is 19.3 Å². The van der Waals surface area contributed by atoms with Gasteiger partial charge in [0.25, 0.3) is 0 Å². The van der Waals surface area contributed by atoms with Gasteiger partial charge in [-0.3, -0.25) is 0 Å². The van der Waals surface area contributed by atoms with Gasteiger partial charge in [-0.15, -0.1) is 13.2 Å². The van der Waals surface area contributed by atoms with Crippen LogP contribution in [0.2, 0.25) is 0 Å². The fraction of sp³-hybridized carbons (Fsp3) is 0.333. The molecule has 0 aliphatic rings. The molecule has 0 aromatic heterocycles. The standard InChI is InChI=1S/C15H21NO4S2/c1-6-8-16(9-7-2)22(19,20)15-11-12(3)10-14(13(15)4)21(5,17)18/h6-7,10-11H,1-2,8-9H2,3-5H3. The SMILES string of the molecule is C=CCN(CC=C)S(=O)(=O)c1cc(C)cc(S(C)(=O)=O)c1C. The summed E-state index contributed by atoms with van der Waals surface area (Å²) in [6.45, 7) is 10.5. The van der Waals surface area contributed by atoms with Crippen LogP contribution in [-0.2, 0) is 19.9 Å². The molecule has 0 N–H and O–H groups in total. The van der Waals surface area contributed by atoms with E-state index in [1.54, 1.807) is 6.92 Å². The maximum Gasteiger partial charge on any atom is 0.243 e. The smallest absolute Gasteiger partial charge is 0.224 e. The van der Waals surface area contributed by atoms with Gasteiger partial charge in [-0.2, -0.15) is 4.31 Å². The maximum atomic E-state index is 12.8. The fourth-order valence-corrected chi connectivity index (χ4v) is 4.99. The Bertz CT molecular complexity index is 783. The third kappa shape index (κ3) is 3.85. The summed E-state index contributed by atoms with van der Waals surface area (Å²) in [5, 5.41) is 0. The van der Waals surface area contributed by atoms with Crippen LogP contribution in [-0.4, -0.2) is 40.5 Å². The third-order valence-corrected chi connectivity index (χ3v) is 6.32. The minimum atomic E-state index is -3.83. The molecule has 0 bridgehead atoms. The molecule has 0 spiro atoms. The van der Waals surface area contributed by atoms with Crippen molar-refractivity contribution in [2.24, 2.45) is 0 Å². The number of rotatable bonds is 7. The molecule has 1 aromatic rings. The van der Waals surface area contributed by atoms with E-state index in [2.05, 4.69) is 13.2 Å². The molecule has 1 rings (SSSR count). The maximum absolute atomic E-state index is 12.8. The normalized spacial score (nSPS) is 12.4. The molecule has 0 aliphatic carbocycles. The fourth-order valence-electron chi connectivity index (χ4n) is 2.14. The van der Waals surface area contributed by atoms with Crippen LogP contribution < -0.4 is 0 Å². The van der Waals surface area contributed by atoms with Gasteiger partial charge in [0.15, 0.2) is 9.84 Å². The minimum Gasteiger partial charge on any atom is -0.224 e. The molecule has 122 valence electrons. The predicted molar refractivity (Wildman–Crippen MR) is 88.2 cm³/mol. The Labute approximate surface area is 132 Å². The van der Waals surface area contributed by atoms with Gasteiger partial charge in [0.1, 0.15) is 0 Å². The molecular formula is C15H21NO4S2. The van der Waals surface area contributed by atoms with Crippen molar-refractivity contribution in [3.63, 3.8) is 0 Å². The van der Waals surface area contributed by atoms with Gasteiger partial charge in [0.2, 0.25) is 10.0 Å². The first-order valence-corrected chi connectivity index (χ1v) is 9.92. The van der Waals surface area contributed by atoms with E-state index in [4.69, 9.17) is 0 Å². The van der Waals surface area contributed by atoms with Crippen molar-refractivity contribution in [2.75, 3.05) is 19.3 Å². The summed E-state index contributed by atoms with van der Waals surface area (Å²) in [7, 11) is -7.35. The first-order valence-electron chi connectivity index (χ1n) is 6.59. The highest BCUT2D eigenvalue weighted by Crippen LogP contribution is 2.27. The molecule has 0 amide bonds. The van der Waals surface area contributed by atoms with Crippen molar-refractivity contribution in [1.82, 2.24) is 4.31 Å². The Morgan fingerprint density at radius 1 is 1.00 bits per heavy atom. The van der Waals surface area contributed by atoms with Crippen LogP contribution in [0.5, 0.6) is 0 Å². The number of aryl methyl sites for hydroxylation is 1. The van der Waals surface area contributed by atoms with Crippen molar-refractivity contribution in [1.29, 1.82) is 0 Å². The zero-order chi connectivity index (χ0) is 17.1. The lowest BCUT2D eigenvalue weighted by atomic mass is 10.2. The highest BCUT2D eigenvalue weighted by Gasteiger charge is 2.27. The van der Waals surface area contributed by atoms with Crippen LogP contribution in [0.3, 0.4) is 0 Å². The van der Waals surface area contributed by atoms with Crippen LogP contribution in [0, 0.1) is 13.8 Å². The average Bonchev–Trinajstić information content (AvgIpc) is 2.39. The quantitative estimate of drug-likeness (QED) is 0.711. The lowest BCUT2D eigenvalue weighted by molar-refractivity contribution is 0.473. The molecule has 0 unspecified atom stereocenters. The van der Waals surface area contributed by atoms with Crippen molar-refractivity contribution >= 4 is 19.9 Å². The average molecular weight is 343 g/mol. The summed E-state index contributed by atoms with van der Waals surface area (Å²) in [6.07, 6.45) is 4.02. The van der Waals surface area contributed by atoms with Crippen molar-refractivity contribution in [2.45, 2.75) is 23.6 Å². The Balaban J connectivity index is 3.64. The topological polar surface area (TPSA) is 71.5 Å². The Morgan fingerprint density at radius 2 is 1.45 bits per heavy atom. The van der Waals surface area contributed by atoms with Gasteiger partial charge in [-0.05, 0) is 37.1 Å². The van der Waals surface area contributed by atoms with Crippen molar-refractivity contribution in [3.05, 3.63) is 48.6 Å². The molecule has 7 heteroatoms. The van der Waals surface area contributed by atoms with Crippen LogP contribution in [0.25, 0.3) is 0 Å². The van der Waals surface area contributed by atoms with Crippen LogP contribution >= 0.6 is 0 Å².